The summed E-state index contributed by atoms with van der Waals surface area (Å²) in [7, 11) is 1.76. The van der Waals surface area contributed by atoms with Crippen molar-refractivity contribution in [3.05, 3.63) is 90.2 Å². The predicted octanol–water partition coefficient (Wildman–Crippen LogP) is 5.02. The first-order chi connectivity index (χ1) is 15.0. The molecule has 0 saturated heterocycles. The maximum atomic E-state index is 12.9. The third-order valence-electron chi connectivity index (χ3n) is 4.70. The Kier molecular flexibility index (Phi) is 7.65. The van der Waals surface area contributed by atoms with Gasteiger partial charge in [-0.15, -0.1) is 0 Å². The van der Waals surface area contributed by atoms with Crippen LogP contribution in [0.4, 0.5) is 0 Å². The molecule has 0 saturated carbocycles. The lowest BCUT2D eigenvalue weighted by Gasteiger charge is -2.19. The number of carbonyl (C=O) groups excluding carboxylic acids is 1. The molecule has 0 radical (unpaired) electrons. The van der Waals surface area contributed by atoms with E-state index in [0.717, 1.165) is 28.7 Å². The molecule has 1 N–H and O–H groups in total. The van der Waals surface area contributed by atoms with Gasteiger partial charge in [-0.1, -0.05) is 36.4 Å². The highest BCUT2D eigenvalue weighted by atomic mass is 16.5. The molecule has 1 aromatic heterocycles. The third kappa shape index (κ3) is 6.34. The highest BCUT2D eigenvalue weighted by Gasteiger charge is 2.14. The second-order valence-electron chi connectivity index (χ2n) is 7.05. The van der Waals surface area contributed by atoms with Crippen LogP contribution in [-0.4, -0.2) is 35.5 Å². The number of para-hydroxylation sites is 1. The Balaban J connectivity index is 1.57. The topological polar surface area (TPSA) is 80.0 Å². The van der Waals surface area contributed by atoms with Gasteiger partial charge in [0.15, 0.2) is 0 Å². The largest absolute Gasteiger partial charge is 0.493 e. The number of ether oxygens (including phenoxy) is 1. The Morgan fingerprint density at radius 3 is 2.55 bits per heavy atom. The van der Waals surface area contributed by atoms with Gasteiger partial charge in [-0.3, -0.25) is 4.79 Å². The summed E-state index contributed by atoms with van der Waals surface area (Å²) in [5.74, 6) is 0.448. The number of allylic oxidation sites excluding steroid dienone is 1. The monoisotopic (exact) mass is 419 g/mol. The van der Waals surface area contributed by atoms with Crippen molar-refractivity contribution in [2.45, 2.75) is 19.4 Å². The zero-order chi connectivity index (χ0) is 22.1. The average molecular weight is 419 g/mol. The molecule has 0 unspecified atom stereocenters. The van der Waals surface area contributed by atoms with Gasteiger partial charge >= 0.3 is 5.97 Å². The lowest BCUT2D eigenvalue weighted by Crippen LogP contribution is -2.26. The summed E-state index contributed by atoms with van der Waals surface area (Å²) >= 11 is 0. The number of nitrogens with zero attached hydrogens (tertiary/aromatic N) is 1. The molecule has 0 atom stereocenters. The molecule has 31 heavy (non-hydrogen) atoms. The third-order valence-corrected chi connectivity index (χ3v) is 4.70. The van der Waals surface area contributed by atoms with Crippen LogP contribution in [0.3, 0.4) is 0 Å². The number of benzene rings is 2. The number of amides is 1. The van der Waals surface area contributed by atoms with Crippen molar-refractivity contribution in [3.8, 4) is 17.1 Å². The summed E-state index contributed by atoms with van der Waals surface area (Å²) in [6.45, 7) is 0.876. The van der Waals surface area contributed by atoms with Crippen molar-refractivity contribution >= 4 is 11.9 Å². The lowest BCUT2D eigenvalue weighted by molar-refractivity contribution is -0.131. The molecule has 160 valence electrons. The van der Waals surface area contributed by atoms with Gasteiger partial charge in [0.2, 0.25) is 0 Å². The number of unbranched alkanes of at least 4 members (excludes halogenated alkanes) is 1. The Labute approximate surface area is 181 Å². The fourth-order valence-electron chi connectivity index (χ4n) is 3.11. The van der Waals surface area contributed by atoms with E-state index in [2.05, 4.69) is 0 Å². The number of aliphatic carboxylic acids is 1. The molecule has 0 bridgehead atoms. The van der Waals surface area contributed by atoms with Gasteiger partial charge in [0.05, 0.1) is 12.9 Å². The van der Waals surface area contributed by atoms with Gasteiger partial charge in [0.25, 0.3) is 5.91 Å². The number of carboxylic acid groups (broad SMARTS) is 1. The molecule has 6 heteroatoms. The number of carbonyl (C=O) groups is 2. The fraction of sp³-hybridized carbons (Fsp3) is 0.200. The Morgan fingerprint density at radius 2 is 1.84 bits per heavy atom. The molecule has 0 fully saturated rings. The van der Waals surface area contributed by atoms with E-state index < -0.39 is 5.97 Å². The molecule has 0 spiro atoms. The van der Waals surface area contributed by atoms with Crippen LogP contribution in [0.25, 0.3) is 11.3 Å². The normalized spacial score (nSPS) is 10.9. The quantitative estimate of drug-likeness (QED) is 0.369. The van der Waals surface area contributed by atoms with Crippen LogP contribution >= 0.6 is 0 Å². The second kappa shape index (κ2) is 10.8. The first-order valence-electron chi connectivity index (χ1n) is 10.0. The maximum absolute atomic E-state index is 12.9. The van der Waals surface area contributed by atoms with Crippen molar-refractivity contribution in [1.82, 2.24) is 4.90 Å². The summed E-state index contributed by atoms with van der Waals surface area (Å²) in [5.41, 5.74) is 2.43. The summed E-state index contributed by atoms with van der Waals surface area (Å²) in [6.07, 6.45) is 5.70. The number of carboxylic acids is 1. The van der Waals surface area contributed by atoms with Crippen LogP contribution < -0.4 is 4.74 Å². The predicted molar refractivity (Wildman–Crippen MR) is 118 cm³/mol. The van der Waals surface area contributed by atoms with E-state index in [4.69, 9.17) is 14.3 Å². The molecule has 0 aliphatic heterocycles. The fourth-order valence-corrected chi connectivity index (χ4v) is 3.11. The van der Waals surface area contributed by atoms with Crippen LogP contribution in [0.15, 0.2) is 83.5 Å². The average Bonchev–Trinajstić information content (AvgIpc) is 3.31. The van der Waals surface area contributed by atoms with Crippen LogP contribution in [-0.2, 0) is 11.3 Å². The lowest BCUT2D eigenvalue weighted by atomic mass is 10.1. The zero-order valence-corrected chi connectivity index (χ0v) is 17.4. The number of hydrogen-bond acceptors (Lipinski definition) is 4. The Bertz CT molecular complexity index is 1020. The van der Waals surface area contributed by atoms with E-state index in [9.17, 15) is 9.59 Å². The van der Waals surface area contributed by atoms with Crippen molar-refractivity contribution < 1.29 is 23.8 Å². The number of rotatable bonds is 10. The van der Waals surface area contributed by atoms with Crippen LogP contribution in [0.1, 0.15) is 28.8 Å². The first kappa shape index (κ1) is 21.9. The van der Waals surface area contributed by atoms with E-state index >= 15 is 0 Å². The maximum Gasteiger partial charge on any atom is 0.327 e. The summed E-state index contributed by atoms with van der Waals surface area (Å²) in [5, 5.41) is 8.60. The molecule has 0 aliphatic rings. The van der Waals surface area contributed by atoms with Gasteiger partial charge in [-0.25, -0.2) is 4.79 Å². The number of furan rings is 1. The van der Waals surface area contributed by atoms with E-state index in [1.165, 1.54) is 0 Å². The molecule has 3 rings (SSSR count). The molecule has 1 heterocycles. The highest BCUT2D eigenvalue weighted by molar-refractivity contribution is 5.94. The SMILES string of the molecule is CN(Cc1ccccc1OCCCC=CC(=O)O)C(=O)c1ccc(-c2ccco2)cc1. The molecular weight excluding hydrogens is 394 g/mol. The van der Waals surface area contributed by atoms with E-state index in [0.29, 0.717) is 31.6 Å². The van der Waals surface area contributed by atoms with Crippen LogP contribution in [0.5, 0.6) is 5.75 Å². The minimum absolute atomic E-state index is 0.0837. The van der Waals surface area contributed by atoms with Crippen molar-refractivity contribution in [2.24, 2.45) is 0 Å². The molecular formula is C25H25NO5. The molecule has 2 aromatic carbocycles. The van der Waals surface area contributed by atoms with Gasteiger partial charge in [0, 0.05) is 36.4 Å². The smallest absolute Gasteiger partial charge is 0.327 e. The van der Waals surface area contributed by atoms with Crippen LogP contribution in [0, 0.1) is 0 Å². The molecule has 3 aromatic rings. The highest BCUT2D eigenvalue weighted by Crippen LogP contribution is 2.23. The Hall–Kier alpha value is -3.80. The van der Waals surface area contributed by atoms with Gasteiger partial charge < -0.3 is 19.2 Å². The van der Waals surface area contributed by atoms with E-state index in [1.807, 2.05) is 48.5 Å². The molecule has 6 nitrogen and oxygen atoms in total. The standard InChI is InChI=1S/C25H25NO5/c1-26(25(29)20-14-12-19(13-15-20)22-10-7-17-31-22)18-21-8-4-5-9-23(21)30-16-6-2-3-11-24(27)28/h3-5,7-15,17H,2,6,16,18H2,1H3,(H,27,28). The second-order valence-corrected chi connectivity index (χ2v) is 7.05. The number of hydrogen-bond donors (Lipinski definition) is 1. The first-order valence-corrected chi connectivity index (χ1v) is 10.0. The van der Waals surface area contributed by atoms with Crippen LogP contribution in [0.2, 0.25) is 0 Å². The summed E-state index contributed by atoms with van der Waals surface area (Å²) in [6, 6.07) is 18.6. The zero-order valence-electron chi connectivity index (χ0n) is 17.4. The molecule has 0 aliphatic carbocycles. The molecule has 1 amide bonds. The minimum Gasteiger partial charge on any atom is -0.493 e. The van der Waals surface area contributed by atoms with Gasteiger partial charge in [-0.05, 0) is 43.2 Å². The van der Waals surface area contributed by atoms with Crippen molar-refractivity contribution in [1.29, 1.82) is 0 Å². The minimum atomic E-state index is -0.949. The van der Waals surface area contributed by atoms with E-state index in [-0.39, 0.29) is 5.91 Å². The van der Waals surface area contributed by atoms with Crippen molar-refractivity contribution in [3.63, 3.8) is 0 Å². The summed E-state index contributed by atoms with van der Waals surface area (Å²) < 4.78 is 11.2. The summed E-state index contributed by atoms with van der Waals surface area (Å²) in [4.78, 5) is 25.0. The van der Waals surface area contributed by atoms with Gasteiger partial charge in [0.1, 0.15) is 11.5 Å². The van der Waals surface area contributed by atoms with E-state index in [1.54, 1.807) is 36.4 Å². The Morgan fingerprint density at radius 1 is 1.06 bits per heavy atom. The van der Waals surface area contributed by atoms with Gasteiger partial charge in [-0.2, -0.15) is 0 Å². The van der Waals surface area contributed by atoms with Crippen molar-refractivity contribution in [2.75, 3.05) is 13.7 Å².